The highest BCUT2D eigenvalue weighted by atomic mass is 32.2. The number of nitrogens with two attached hydrogens (primary N) is 1. The van der Waals surface area contributed by atoms with Crippen LogP contribution in [0, 0.1) is 16.7 Å². The van der Waals surface area contributed by atoms with Gasteiger partial charge in [-0.25, -0.2) is 8.42 Å². The quantitative estimate of drug-likeness (QED) is 0.726. The lowest BCUT2D eigenvalue weighted by molar-refractivity contribution is -0.156. The average Bonchev–Trinajstić information content (AvgIpc) is 3.21. The van der Waals surface area contributed by atoms with Crippen molar-refractivity contribution in [3.05, 3.63) is 35.4 Å². The van der Waals surface area contributed by atoms with Crippen LogP contribution < -0.4 is 5.73 Å². The van der Waals surface area contributed by atoms with Gasteiger partial charge in [-0.3, -0.25) is 9.59 Å². The van der Waals surface area contributed by atoms with Crippen LogP contribution >= 0.6 is 0 Å². The molecule has 8 heteroatoms. The third kappa shape index (κ3) is 4.80. The third-order valence-electron chi connectivity index (χ3n) is 3.90. The van der Waals surface area contributed by atoms with Crippen molar-refractivity contribution in [3.63, 3.8) is 0 Å². The monoisotopic (exact) mass is 350 g/mol. The first kappa shape index (κ1) is 17.9. The van der Waals surface area contributed by atoms with Crippen LogP contribution in [0.25, 0.3) is 0 Å². The standard InChI is InChI=1S/C16H18N2O5S/c1-24(21,22)10-16(6-7-16)8-13(19)23-14(15(18)20)12-4-2-11(9-17)3-5-12/h2-5,14H,6-8,10H2,1H3,(H2,18,20). The van der Waals surface area contributed by atoms with E-state index in [4.69, 9.17) is 15.7 Å². The predicted molar refractivity (Wildman–Crippen MR) is 85.2 cm³/mol. The summed E-state index contributed by atoms with van der Waals surface area (Å²) in [6.45, 7) is 0. The van der Waals surface area contributed by atoms with Crippen molar-refractivity contribution < 1.29 is 22.7 Å². The summed E-state index contributed by atoms with van der Waals surface area (Å²) < 4.78 is 28.0. The molecular weight excluding hydrogens is 332 g/mol. The van der Waals surface area contributed by atoms with E-state index >= 15 is 0 Å². The van der Waals surface area contributed by atoms with Gasteiger partial charge in [-0.15, -0.1) is 0 Å². The number of carbonyl (C=O) groups is 2. The minimum Gasteiger partial charge on any atom is -0.447 e. The van der Waals surface area contributed by atoms with Gasteiger partial charge < -0.3 is 10.5 Å². The fraction of sp³-hybridized carbons (Fsp3) is 0.438. The Bertz CT molecular complexity index is 789. The molecule has 1 unspecified atom stereocenters. The van der Waals surface area contributed by atoms with Gasteiger partial charge in [0, 0.05) is 11.8 Å². The Labute approximate surface area is 140 Å². The van der Waals surface area contributed by atoms with Crippen LogP contribution in [0.5, 0.6) is 0 Å². The molecule has 2 rings (SSSR count). The number of esters is 1. The molecule has 0 spiro atoms. The largest absolute Gasteiger partial charge is 0.447 e. The number of hydrogen-bond donors (Lipinski definition) is 1. The van der Waals surface area contributed by atoms with E-state index in [0.29, 0.717) is 24.0 Å². The van der Waals surface area contributed by atoms with Crippen molar-refractivity contribution in [1.82, 2.24) is 0 Å². The van der Waals surface area contributed by atoms with Crippen molar-refractivity contribution in [2.45, 2.75) is 25.4 Å². The smallest absolute Gasteiger partial charge is 0.307 e. The first-order valence-electron chi connectivity index (χ1n) is 7.31. The van der Waals surface area contributed by atoms with E-state index in [1.165, 1.54) is 24.3 Å². The molecule has 1 amide bonds. The summed E-state index contributed by atoms with van der Waals surface area (Å²) >= 11 is 0. The van der Waals surface area contributed by atoms with E-state index in [2.05, 4.69) is 0 Å². The van der Waals surface area contributed by atoms with E-state index in [1.807, 2.05) is 6.07 Å². The van der Waals surface area contributed by atoms with Crippen LogP contribution in [-0.2, 0) is 24.2 Å². The minimum absolute atomic E-state index is 0.0693. The summed E-state index contributed by atoms with van der Waals surface area (Å²) in [6.07, 6.45) is 1.06. The van der Waals surface area contributed by atoms with Crippen molar-refractivity contribution >= 4 is 21.7 Å². The first-order chi connectivity index (χ1) is 11.1. The second kappa shape index (κ2) is 6.61. The Kier molecular flexibility index (Phi) is 4.94. The van der Waals surface area contributed by atoms with Gasteiger partial charge in [-0.1, -0.05) is 12.1 Å². The summed E-state index contributed by atoms with van der Waals surface area (Å²) in [5, 5.41) is 8.77. The lowest BCUT2D eigenvalue weighted by Crippen LogP contribution is -2.28. The molecule has 7 nitrogen and oxygen atoms in total. The van der Waals surface area contributed by atoms with Crippen LogP contribution in [-0.4, -0.2) is 32.3 Å². The summed E-state index contributed by atoms with van der Waals surface area (Å²) in [7, 11) is -3.20. The predicted octanol–water partition coefficient (Wildman–Crippen LogP) is 0.843. The molecule has 1 aliphatic carbocycles. The summed E-state index contributed by atoms with van der Waals surface area (Å²) in [4.78, 5) is 23.7. The molecule has 1 aliphatic rings. The van der Waals surface area contributed by atoms with E-state index in [0.717, 1.165) is 6.26 Å². The SMILES string of the molecule is CS(=O)(=O)CC1(CC(=O)OC(C(N)=O)c2ccc(C#N)cc2)CC1. The number of rotatable bonds is 7. The zero-order valence-electron chi connectivity index (χ0n) is 13.2. The zero-order chi connectivity index (χ0) is 18.0. The van der Waals surface area contributed by atoms with E-state index < -0.39 is 33.2 Å². The van der Waals surface area contributed by atoms with Gasteiger partial charge in [0.2, 0.25) is 6.10 Å². The first-order valence-corrected chi connectivity index (χ1v) is 9.37. The number of ether oxygens (including phenoxy) is 1. The van der Waals surface area contributed by atoms with Gasteiger partial charge in [0.25, 0.3) is 5.91 Å². The van der Waals surface area contributed by atoms with Crippen molar-refractivity contribution in [2.24, 2.45) is 11.1 Å². The van der Waals surface area contributed by atoms with Crippen LogP contribution in [0.4, 0.5) is 0 Å². The number of nitrogens with zero attached hydrogens (tertiary/aromatic N) is 1. The molecule has 1 atom stereocenters. The normalized spacial score (nSPS) is 16.7. The van der Waals surface area contributed by atoms with Crippen LogP contribution in [0.3, 0.4) is 0 Å². The van der Waals surface area contributed by atoms with Crippen LogP contribution in [0.1, 0.15) is 36.5 Å². The number of amides is 1. The number of hydrogen-bond acceptors (Lipinski definition) is 6. The highest BCUT2D eigenvalue weighted by Gasteiger charge is 2.47. The number of carbonyl (C=O) groups excluding carboxylic acids is 2. The molecule has 1 aromatic rings. The van der Waals surface area contributed by atoms with Crippen LogP contribution in [0.2, 0.25) is 0 Å². The zero-order valence-corrected chi connectivity index (χ0v) is 14.0. The molecule has 0 aliphatic heterocycles. The van der Waals surface area contributed by atoms with Gasteiger partial charge >= 0.3 is 5.97 Å². The number of primary amides is 1. The lowest BCUT2D eigenvalue weighted by atomic mass is 10.0. The fourth-order valence-corrected chi connectivity index (χ4v) is 4.11. The number of sulfone groups is 1. The molecule has 24 heavy (non-hydrogen) atoms. The second-order valence-electron chi connectivity index (χ2n) is 6.25. The highest BCUT2D eigenvalue weighted by Crippen LogP contribution is 2.50. The molecule has 1 saturated carbocycles. The summed E-state index contributed by atoms with van der Waals surface area (Å²) in [6, 6.07) is 7.91. The van der Waals surface area contributed by atoms with Gasteiger partial charge in [-0.2, -0.15) is 5.26 Å². The van der Waals surface area contributed by atoms with Gasteiger partial charge in [0.05, 0.1) is 23.8 Å². The molecule has 0 aromatic heterocycles. The Morgan fingerprint density at radius 2 is 1.92 bits per heavy atom. The number of benzene rings is 1. The molecular formula is C16H18N2O5S. The highest BCUT2D eigenvalue weighted by molar-refractivity contribution is 7.90. The van der Waals surface area contributed by atoms with Crippen molar-refractivity contribution in [3.8, 4) is 6.07 Å². The molecule has 1 aromatic carbocycles. The Balaban J connectivity index is 2.06. The van der Waals surface area contributed by atoms with Gasteiger partial charge in [-0.05, 0) is 30.4 Å². The fourth-order valence-electron chi connectivity index (χ4n) is 2.61. The molecule has 1 fully saturated rings. The molecule has 0 bridgehead atoms. The Hall–Kier alpha value is -2.40. The number of nitriles is 1. The Morgan fingerprint density at radius 1 is 1.33 bits per heavy atom. The molecule has 0 heterocycles. The minimum atomic E-state index is -3.20. The van der Waals surface area contributed by atoms with Gasteiger partial charge in [0.1, 0.15) is 9.84 Å². The van der Waals surface area contributed by atoms with Gasteiger partial charge in [0.15, 0.2) is 0 Å². The summed E-state index contributed by atoms with van der Waals surface area (Å²) in [5.41, 5.74) is 5.47. The second-order valence-corrected chi connectivity index (χ2v) is 8.39. The maximum atomic E-state index is 12.1. The van der Waals surface area contributed by atoms with E-state index in [-0.39, 0.29) is 12.2 Å². The lowest BCUT2D eigenvalue weighted by Gasteiger charge is -2.18. The van der Waals surface area contributed by atoms with Crippen molar-refractivity contribution in [2.75, 3.05) is 12.0 Å². The maximum absolute atomic E-state index is 12.1. The molecule has 2 N–H and O–H groups in total. The maximum Gasteiger partial charge on any atom is 0.307 e. The summed E-state index contributed by atoms with van der Waals surface area (Å²) in [5.74, 6) is -1.57. The van der Waals surface area contributed by atoms with Crippen molar-refractivity contribution in [1.29, 1.82) is 5.26 Å². The Morgan fingerprint density at radius 3 is 2.33 bits per heavy atom. The molecule has 0 saturated heterocycles. The van der Waals surface area contributed by atoms with E-state index in [1.54, 1.807) is 0 Å². The molecule has 0 radical (unpaired) electrons. The molecule has 128 valence electrons. The third-order valence-corrected chi connectivity index (χ3v) is 5.03. The topological polar surface area (TPSA) is 127 Å². The average molecular weight is 350 g/mol. The van der Waals surface area contributed by atoms with Crippen LogP contribution in [0.15, 0.2) is 24.3 Å². The van der Waals surface area contributed by atoms with E-state index in [9.17, 15) is 18.0 Å².